The third kappa shape index (κ3) is 1.85. The van der Waals surface area contributed by atoms with Crippen LogP contribution in [0.25, 0.3) is 5.57 Å². The molecule has 16 heavy (non-hydrogen) atoms. The molecule has 0 unspecified atom stereocenters. The van der Waals surface area contributed by atoms with Gasteiger partial charge in [-0.05, 0) is 11.5 Å². The Kier molecular flexibility index (Phi) is 3.01. The number of nitrogens with zero attached hydrogens (tertiary/aromatic N) is 1. The molecule has 0 saturated heterocycles. The molecule has 1 heterocycles. The first kappa shape index (κ1) is 11.2. The van der Waals surface area contributed by atoms with Crippen LogP contribution in [0.1, 0.15) is 25.0 Å². The number of para-hydroxylation sites is 1. The highest BCUT2D eigenvalue weighted by molar-refractivity contribution is 5.78. The van der Waals surface area contributed by atoms with Crippen molar-refractivity contribution in [3.8, 4) is 0 Å². The first-order valence-corrected chi connectivity index (χ1v) is 5.71. The van der Waals surface area contributed by atoms with E-state index in [0.717, 1.165) is 0 Å². The SMILES string of the molecule is C=C(c1cccc2c1N(C)COC2)C(C)C. The summed E-state index contributed by atoms with van der Waals surface area (Å²) in [5.74, 6) is 0.475. The second-order valence-corrected chi connectivity index (χ2v) is 4.67. The van der Waals surface area contributed by atoms with Crippen molar-refractivity contribution in [2.75, 3.05) is 18.7 Å². The number of fused-ring (bicyclic) bond motifs is 1. The quantitative estimate of drug-likeness (QED) is 0.753. The minimum absolute atomic E-state index is 0.475. The fourth-order valence-electron chi connectivity index (χ4n) is 2.09. The van der Waals surface area contributed by atoms with Gasteiger partial charge in [0.05, 0.1) is 12.3 Å². The Morgan fingerprint density at radius 3 is 2.88 bits per heavy atom. The smallest absolute Gasteiger partial charge is 0.119 e. The molecule has 0 aromatic heterocycles. The number of allylic oxidation sites excluding steroid dienone is 1. The molecule has 0 spiro atoms. The average Bonchev–Trinajstić information content (AvgIpc) is 2.27. The van der Waals surface area contributed by atoms with E-state index in [0.29, 0.717) is 19.3 Å². The largest absolute Gasteiger partial charge is 0.356 e. The van der Waals surface area contributed by atoms with E-state index in [1.165, 1.54) is 22.4 Å². The molecule has 1 aliphatic heterocycles. The van der Waals surface area contributed by atoms with Crippen LogP contribution in [0.4, 0.5) is 5.69 Å². The predicted octanol–water partition coefficient (Wildman–Crippen LogP) is 3.28. The van der Waals surface area contributed by atoms with Crippen molar-refractivity contribution in [2.45, 2.75) is 20.5 Å². The van der Waals surface area contributed by atoms with Crippen molar-refractivity contribution in [3.63, 3.8) is 0 Å². The Bertz CT molecular complexity index is 409. The van der Waals surface area contributed by atoms with Crippen LogP contribution >= 0.6 is 0 Å². The van der Waals surface area contributed by atoms with Gasteiger partial charge in [0.25, 0.3) is 0 Å². The molecule has 0 N–H and O–H groups in total. The predicted molar refractivity (Wildman–Crippen MR) is 68.4 cm³/mol. The minimum atomic E-state index is 0.475. The van der Waals surface area contributed by atoms with Crippen molar-refractivity contribution in [1.82, 2.24) is 0 Å². The second kappa shape index (κ2) is 4.30. The maximum Gasteiger partial charge on any atom is 0.119 e. The summed E-state index contributed by atoms with van der Waals surface area (Å²) in [5.41, 5.74) is 5.00. The van der Waals surface area contributed by atoms with Gasteiger partial charge in [0.15, 0.2) is 0 Å². The molecule has 0 atom stereocenters. The molecule has 86 valence electrons. The van der Waals surface area contributed by atoms with Crippen LogP contribution in [0, 0.1) is 5.92 Å². The van der Waals surface area contributed by atoms with Crippen molar-refractivity contribution in [2.24, 2.45) is 5.92 Å². The zero-order chi connectivity index (χ0) is 11.7. The van der Waals surface area contributed by atoms with Gasteiger partial charge in [0.1, 0.15) is 6.73 Å². The van der Waals surface area contributed by atoms with Crippen LogP contribution in [0.3, 0.4) is 0 Å². The minimum Gasteiger partial charge on any atom is -0.356 e. The zero-order valence-electron chi connectivity index (χ0n) is 10.3. The summed E-state index contributed by atoms with van der Waals surface area (Å²) in [7, 11) is 2.06. The van der Waals surface area contributed by atoms with Crippen molar-refractivity contribution < 1.29 is 4.74 Å². The van der Waals surface area contributed by atoms with E-state index in [-0.39, 0.29) is 0 Å². The Morgan fingerprint density at radius 1 is 1.44 bits per heavy atom. The van der Waals surface area contributed by atoms with E-state index in [2.05, 4.69) is 50.6 Å². The highest BCUT2D eigenvalue weighted by atomic mass is 16.5. The van der Waals surface area contributed by atoms with E-state index in [9.17, 15) is 0 Å². The Balaban J connectivity index is 2.50. The fourth-order valence-corrected chi connectivity index (χ4v) is 2.09. The average molecular weight is 217 g/mol. The van der Waals surface area contributed by atoms with Crippen molar-refractivity contribution >= 4 is 11.3 Å². The fraction of sp³-hybridized carbons (Fsp3) is 0.429. The maximum absolute atomic E-state index is 5.50. The van der Waals surface area contributed by atoms with E-state index >= 15 is 0 Å². The summed E-state index contributed by atoms with van der Waals surface area (Å²) in [6.45, 7) is 9.93. The van der Waals surface area contributed by atoms with Gasteiger partial charge in [-0.2, -0.15) is 0 Å². The standard InChI is InChI=1S/C14H19NO/c1-10(2)11(3)13-7-5-6-12-8-16-9-15(4)14(12)13/h5-7,10H,3,8-9H2,1-2,4H3. The topological polar surface area (TPSA) is 12.5 Å². The second-order valence-electron chi connectivity index (χ2n) is 4.67. The van der Waals surface area contributed by atoms with Gasteiger partial charge in [-0.1, -0.05) is 38.6 Å². The molecule has 1 aliphatic rings. The third-order valence-corrected chi connectivity index (χ3v) is 3.09. The Hall–Kier alpha value is -1.28. The summed E-state index contributed by atoms with van der Waals surface area (Å²) in [6.07, 6.45) is 0. The number of ether oxygens (including phenoxy) is 1. The number of anilines is 1. The van der Waals surface area contributed by atoms with E-state index in [1.54, 1.807) is 0 Å². The lowest BCUT2D eigenvalue weighted by Gasteiger charge is -2.30. The summed E-state index contributed by atoms with van der Waals surface area (Å²) in [4.78, 5) is 2.15. The summed E-state index contributed by atoms with van der Waals surface area (Å²) in [6, 6.07) is 6.37. The van der Waals surface area contributed by atoms with E-state index in [4.69, 9.17) is 4.74 Å². The van der Waals surface area contributed by atoms with Crippen molar-refractivity contribution in [1.29, 1.82) is 0 Å². The van der Waals surface area contributed by atoms with E-state index < -0.39 is 0 Å². The van der Waals surface area contributed by atoms with Gasteiger partial charge in [-0.25, -0.2) is 0 Å². The molecule has 0 fully saturated rings. The lowest BCUT2D eigenvalue weighted by atomic mass is 9.93. The summed E-state index contributed by atoms with van der Waals surface area (Å²) >= 11 is 0. The molecule has 2 nitrogen and oxygen atoms in total. The molecule has 0 amide bonds. The monoisotopic (exact) mass is 217 g/mol. The van der Waals surface area contributed by atoms with Gasteiger partial charge in [0.2, 0.25) is 0 Å². The van der Waals surface area contributed by atoms with Crippen LogP contribution in [0.5, 0.6) is 0 Å². The molecule has 0 saturated carbocycles. The van der Waals surface area contributed by atoms with Crippen LogP contribution in [-0.4, -0.2) is 13.8 Å². The highest BCUT2D eigenvalue weighted by Gasteiger charge is 2.19. The van der Waals surface area contributed by atoms with Gasteiger partial charge < -0.3 is 9.64 Å². The molecule has 0 aliphatic carbocycles. The number of rotatable bonds is 2. The first-order valence-electron chi connectivity index (χ1n) is 5.71. The summed E-state index contributed by atoms with van der Waals surface area (Å²) in [5, 5.41) is 0. The first-order chi connectivity index (χ1) is 7.61. The highest BCUT2D eigenvalue weighted by Crippen LogP contribution is 2.35. The Morgan fingerprint density at radius 2 is 2.19 bits per heavy atom. The lowest BCUT2D eigenvalue weighted by Crippen LogP contribution is -2.27. The van der Waals surface area contributed by atoms with Crippen LogP contribution in [0.2, 0.25) is 0 Å². The molecule has 1 aromatic carbocycles. The normalized spacial score (nSPS) is 15.1. The number of benzene rings is 1. The van der Waals surface area contributed by atoms with E-state index in [1.807, 2.05) is 0 Å². The molecule has 0 radical (unpaired) electrons. The number of hydrogen-bond donors (Lipinski definition) is 0. The molecule has 2 rings (SSSR count). The molecular formula is C14H19NO. The lowest BCUT2D eigenvalue weighted by molar-refractivity contribution is 0.113. The van der Waals surface area contributed by atoms with Gasteiger partial charge in [0, 0.05) is 18.2 Å². The van der Waals surface area contributed by atoms with Gasteiger partial charge >= 0.3 is 0 Å². The zero-order valence-corrected chi connectivity index (χ0v) is 10.3. The van der Waals surface area contributed by atoms with Crippen LogP contribution in [-0.2, 0) is 11.3 Å². The molecular weight excluding hydrogens is 198 g/mol. The maximum atomic E-state index is 5.50. The molecule has 1 aromatic rings. The third-order valence-electron chi connectivity index (χ3n) is 3.09. The van der Waals surface area contributed by atoms with Gasteiger partial charge in [-0.3, -0.25) is 0 Å². The Labute approximate surface area is 97.5 Å². The summed E-state index contributed by atoms with van der Waals surface area (Å²) < 4.78 is 5.50. The van der Waals surface area contributed by atoms with Crippen molar-refractivity contribution in [3.05, 3.63) is 35.9 Å². The molecule has 2 heteroatoms. The number of hydrogen-bond acceptors (Lipinski definition) is 2. The van der Waals surface area contributed by atoms with Gasteiger partial charge in [-0.15, -0.1) is 0 Å². The van der Waals surface area contributed by atoms with Crippen LogP contribution in [0.15, 0.2) is 24.8 Å². The molecule has 0 bridgehead atoms. The van der Waals surface area contributed by atoms with Crippen LogP contribution < -0.4 is 4.90 Å².